The summed E-state index contributed by atoms with van der Waals surface area (Å²) in [5.74, 6) is 0.234. The fourth-order valence-corrected chi connectivity index (χ4v) is 10.8. The zero-order valence-electron chi connectivity index (χ0n) is 26.9. The first-order valence-electron chi connectivity index (χ1n) is 16.0. The highest BCUT2D eigenvalue weighted by Crippen LogP contribution is 2.75. The van der Waals surface area contributed by atoms with Crippen LogP contribution in [0.1, 0.15) is 120 Å². The monoisotopic (exact) mass is 561 g/mol. The summed E-state index contributed by atoms with van der Waals surface area (Å²) in [4.78, 5) is 44.3. The van der Waals surface area contributed by atoms with Gasteiger partial charge >= 0.3 is 5.97 Å². The van der Waals surface area contributed by atoms with Crippen LogP contribution in [0.5, 0.6) is 0 Å². The Morgan fingerprint density at radius 1 is 1.02 bits per heavy atom. The SMILES string of the molecule is [C-]#[N+]C1=C[C@]2(C)C3=CC(=O)[C@@H]4[C@@H]5CC(C)(C)CC[C@]5(CCC(=O)OC(C)C)CC[C@@]4(C)[C@]3(C)CC[C@H]2C(C)(C)C1=O. The molecule has 0 aliphatic heterocycles. The highest BCUT2D eigenvalue weighted by Gasteiger charge is 2.69. The molecule has 5 rings (SSSR count). The van der Waals surface area contributed by atoms with Crippen molar-refractivity contribution in [3.8, 4) is 0 Å². The van der Waals surface area contributed by atoms with Gasteiger partial charge in [0.1, 0.15) is 0 Å². The maximum absolute atomic E-state index is 14.6. The summed E-state index contributed by atoms with van der Waals surface area (Å²) in [6, 6.07) is 0. The molecule has 0 bridgehead atoms. The molecule has 0 amide bonds. The van der Waals surface area contributed by atoms with E-state index in [9.17, 15) is 14.4 Å². The molecule has 0 aromatic rings. The van der Waals surface area contributed by atoms with Crippen molar-refractivity contribution in [1.82, 2.24) is 0 Å². The second-order valence-corrected chi connectivity index (χ2v) is 16.6. The number of nitrogens with zero attached hydrogens (tertiary/aromatic N) is 1. The van der Waals surface area contributed by atoms with E-state index in [1.165, 1.54) is 0 Å². The van der Waals surface area contributed by atoms with Gasteiger partial charge in [0.2, 0.25) is 5.70 Å². The maximum atomic E-state index is 14.6. The summed E-state index contributed by atoms with van der Waals surface area (Å²) in [7, 11) is 0. The van der Waals surface area contributed by atoms with Crippen molar-refractivity contribution >= 4 is 17.5 Å². The fraction of sp³-hybridized carbons (Fsp3) is 0.778. The molecule has 5 aliphatic carbocycles. The molecule has 0 radical (unpaired) electrons. The third kappa shape index (κ3) is 4.24. The van der Waals surface area contributed by atoms with Gasteiger partial charge in [-0.15, -0.1) is 0 Å². The molecule has 3 fully saturated rings. The Kier molecular flexibility index (Phi) is 6.93. The van der Waals surface area contributed by atoms with Crippen molar-refractivity contribution in [2.75, 3.05) is 0 Å². The van der Waals surface area contributed by atoms with E-state index < -0.39 is 10.8 Å². The number of carbonyl (C=O) groups excluding carboxylic acids is 3. The maximum Gasteiger partial charge on any atom is 0.306 e. The predicted octanol–water partition coefficient (Wildman–Crippen LogP) is 8.29. The molecule has 0 aromatic carbocycles. The third-order valence-electron chi connectivity index (χ3n) is 13.2. The van der Waals surface area contributed by atoms with Gasteiger partial charge in [-0.25, -0.2) is 4.85 Å². The van der Waals surface area contributed by atoms with Crippen LogP contribution in [0.25, 0.3) is 4.85 Å². The molecule has 7 atom stereocenters. The standard InChI is InChI=1S/C36H51NO4/c1-22(2)41-28(39)12-14-36-17-15-31(3,4)20-23(36)29-25(38)19-27-33(7)21-24(37-10)30(40)32(5,6)26(33)11-13-34(27,8)35(29,9)16-18-36/h19,21-23,26,29H,11-18,20H2,1-9H3/t23-,26-,29-,33-,34+,35+,36+/m0/s1. The first kappa shape index (κ1) is 30.2. The second-order valence-electron chi connectivity index (χ2n) is 16.6. The van der Waals surface area contributed by atoms with Gasteiger partial charge in [0.15, 0.2) is 11.6 Å². The first-order valence-corrected chi connectivity index (χ1v) is 16.0. The van der Waals surface area contributed by atoms with Gasteiger partial charge in [0.25, 0.3) is 0 Å². The van der Waals surface area contributed by atoms with Gasteiger partial charge in [-0.3, -0.25) is 9.59 Å². The van der Waals surface area contributed by atoms with Crippen LogP contribution in [-0.2, 0) is 19.1 Å². The van der Waals surface area contributed by atoms with Crippen molar-refractivity contribution in [2.24, 2.45) is 50.2 Å². The Labute approximate surface area is 247 Å². The van der Waals surface area contributed by atoms with Gasteiger partial charge in [0.05, 0.1) is 12.7 Å². The zero-order valence-corrected chi connectivity index (χ0v) is 26.9. The Bertz CT molecular complexity index is 1280. The number of Topliss-reactive ketones (excluding diaryl/α,β-unsaturated/α-hetero) is 1. The van der Waals surface area contributed by atoms with Crippen molar-refractivity contribution < 1.29 is 19.1 Å². The van der Waals surface area contributed by atoms with E-state index in [2.05, 4.69) is 39.5 Å². The lowest BCUT2D eigenvalue weighted by Crippen LogP contribution is -2.64. The number of rotatable bonds is 4. The third-order valence-corrected chi connectivity index (χ3v) is 13.2. The Balaban J connectivity index is 1.60. The summed E-state index contributed by atoms with van der Waals surface area (Å²) >= 11 is 0. The zero-order chi connectivity index (χ0) is 30.4. The summed E-state index contributed by atoms with van der Waals surface area (Å²) in [6.45, 7) is 27.2. The van der Waals surface area contributed by atoms with E-state index >= 15 is 0 Å². The van der Waals surface area contributed by atoms with Crippen molar-refractivity contribution in [3.63, 3.8) is 0 Å². The average molecular weight is 562 g/mol. The van der Waals surface area contributed by atoms with Gasteiger partial charge in [-0.05, 0) is 105 Å². The second kappa shape index (κ2) is 9.39. The van der Waals surface area contributed by atoms with Crippen molar-refractivity contribution in [3.05, 3.63) is 34.8 Å². The molecule has 0 N–H and O–H groups in total. The Morgan fingerprint density at radius 2 is 1.68 bits per heavy atom. The molecule has 3 saturated carbocycles. The first-order chi connectivity index (χ1) is 18.9. The minimum absolute atomic E-state index is 0.0232. The summed E-state index contributed by atoms with van der Waals surface area (Å²) in [5.41, 5.74) is -0.0775. The van der Waals surface area contributed by atoms with Crippen LogP contribution in [0.4, 0.5) is 0 Å². The minimum atomic E-state index is -0.647. The van der Waals surface area contributed by atoms with E-state index in [4.69, 9.17) is 11.3 Å². The highest BCUT2D eigenvalue weighted by molar-refractivity contribution is 6.03. The lowest BCUT2D eigenvalue weighted by Gasteiger charge is -2.69. The summed E-state index contributed by atoms with van der Waals surface area (Å²) in [6.07, 6.45) is 12.0. The number of fused-ring (bicyclic) bond motifs is 7. The molecule has 0 saturated heterocycles. The van der Waals surface area contributed by atoms with E-state index in [0.29, 0.717) is 6.42 Å². The number of allylic oxidation sites excluding steroid dienone is 4. The van der Waals surface area contributed by atoms with Gasteiger partial charge in [0, 0.05) is 23.2 Å². The molecule has 0 aromatic heterocycles. The summed E-state index contributed by atoms with van der Waals surface area (Å²) < 4.78 is 5.53. The molecule has 5 aliphatic rings. The fourth-order valence-electron chi connectivity index (χ4n) is 10.8. The number of carbonyl (C=O) groups is 3. The number of hydrogen-bond donors (Lipinski definition) is 0. The van der Waals surface area contributed by atoms with Crippen molar-refractivity contribution in [1.29, 1.82) is 0 Å². The lowest BCUT2D eigenvalue weighted by atomic mass is 9.34. The number of hydrogen-bond acceptors (Lipinski definition) is 4. The lowest BCUT2D eigenvalue weighted by molar-refractivity contribution is -0.174. The van der Waals surface area contributed by atoms with E-state index in [1.54, 1.807) is 0 Å². The van der Waals surface area contributed by atoms with Crippen LogP contribution in [0, 0.1) is 56.8 Å². The molecule has 5 heteroatoms. The normalized spacial score (nSPS) is 42.5. The van der Waals surface area contributed by atoms with Crippen LogP contribution in [0.15, 0.2) is 23.4 Å². The van der Waals surface area contributed by atoms with Crippen LogP contribution in [0.2, 0.25) is 0 Å². The van der Waals surface area contributed by atoms with E-state index in [0.717, 1.165) is 56.9 Å². The van der Waals surface area contributed by atoms with E-state index in [-0.39, 0.29) is 68.8 Å². The average Bonchev–Trinajstić information content (AvgIpc) is 2.86. The van der Waals surface area contributed by atoms with Crippen LogP contribution in [-0.4, -0.2) is 23.6 Å². The Hall–Kier alpha value is -2.22. The highest BCUT2D eigenvalue weighted by atomic mass is 16.5. The number of esters is 1. The predicted molar refractivity (Wildman–Crippen MR) is 160 cm³/mol. The number of ether oxygens (including phenoxy) is 1. The van der Waals surface area contributed by atoms with Crippen LogP contribution in [0.3, 0.4) is 0 Å². The molecule has 0 spiro atoms. The molecule has 0 heterocycles. The van der Waals surface area contributed by atoms with Gasteiger partial charge < -0.3 is 9.53 Å². The van der Waals surface area contributed by atoms with Crippen molar-refractivity contribution in [2.45, 2.75) is 126 Å². The topological polar surface area (TPSA) is 64.8 Å². The largest absolute Gasteiger partial charge is 0.463 e. The molecule has 41 heavy (non-hydrogen) atoms. The van der Waals surface area contributed by atoms with Crippen LogP contribution < -0.4 is 0 Å². The molecule has 224 valence electrons. The van der Waals surface area contributed by atoms with Gasteiger partial charge in [-0.1, -0.05) is 60.1 Å². The van der Waals surface area contributed by atoms with E-state index in [1.807, 2.05) is 39.8 Å². The van der Waals surface area contributed by atoms with Gasteiger partial charge in [-0.2, -0.15) is 0 Å². The number of ketones is 2. The molecular formula is C36H51NO4. The Morgan fingerprint density at radius 3 is 2.32 bits per heavy atom. The molecule has 5 nitrogen and oxygen atoms in total. The quantitative estimate of drug-likeness (QED) is 0.256. The molecular weight excluding hydrogens is 510 g/mol. The minimum Gasteiger partial charge on any atom is -0.463 e. The smallest absolute Gasteiger partial charge is 0.306 e. The summed E-state index contributed by atoms with van der Waals surface area (Å²) in [5, 5.41) is 0. The molecule has 0 unspecified atom stereocenters. The van der Waals surface area contributed by atoms with Crippen LogP contribution >= 0.6 is 0 Å².